The molecule has 20 heavy (non-hydrogen) atoms. The van der Waals surface area contributed by atoms with Gasteiger partial charge in [0.1, 0.15) is 11.5 Å². The molecule has 0 fully saturated rings. The fourth-order valence-corrected chi connectivity index (χ4v) is 2.52. The average molecular weight is 270 g/mol. The van der Waals surface area contributed by atoms with E-state index in [4.69, 9.17) is 15.2 Å². The summed E-state index contributed by atoms with van der Waals surface area (Å²) in [6.45, 7) is 1.59. The van der Waals surface area contributed by atoms with Gasteiger partial charge in [0.15, 0.2) is 0 Å². The van der Waals surface area contributed by atoms with Crippen LogP contribution in [0.15, 0.2) is 42.5 Å². The molecule has 2 aromatic carbocycles. The van der Waals surface area contributed by atoms with Crippen LogP contribution in [-0.2, 0) is 0 Å². The maximum absolute atomic E-state index is 6.23. The topological polar surface area (TPSA) is 47.7 Å². The molecule has 0 aromatic heterocycles. The minimum atomic E-state index is 0.659. The Morgan fingerprint density at radius 2 is 1.90 bits per heavy atom. The monoisotopic (exact) mass is 270 g/mol. The van der Waals surface area contributed by atoms with Crippen LogP contribution in [0.1, 0.15) is 6.42 Å². The van der Waals surface area contributed by atoms with Gasteiger partial charge < -0.3 is 20.1 Å². The summed E-state index contributed by atoms with van der Waals surface area (Å²) >= 11 is 0. The minimum absolute atomic E-state index is 0.659. The van der Waals surface area contributed by atoms with E-state index in [2.05, 4.69) is 11.0 Å². The van der Waals surface area contributed by atoms with Crippen molar-refractivity contribution in [2.45, 2.75) is 6.42 Å². The molecule has 2 N–H and O–H groups in total. The number of anilines is 3. The van der Waals surface area contributed by atoms with Crippen molar-refractivity contribution in [2.24, 2.45) is 0 Å². The fraction of sp³-hybridized carbons (Fsp3) is 0.250. The van der Waals surface area contributed by atoms with Gasteiger partial charge >= 0.3 is 0 Å². The van der Waals surface area contributed by atoms with Gasteiger partial charge in [0, 0.05) is 6.54 Å². The molecule has 1 aliphatic rings. The number of nitrogens with zero attached hydrogens (tertiary/aromatic N) is 1. The average Bonchev–Trinajstić information content (AvgIpc) is 2.70. The zero-order chi connectivity index (χ0) is 13.9. The Labute approximate surface area is 118 Å². The molecule has 0 bridgehead atoms. The van der Waals surface area contributed by atoms with Crippen LogP contribution in [0.4, 0.5) is 17.1 Å². The van der Waals surface area contributed by atoms with E-state index >= 15 is 0 Å². The summed E-state index contributed by atoms with van der Waals surface area (Å²) in [5.41, 5.74) is 8.89. The van der Waals surface area contributed by atoms with Gasteiger partial charge in [-0.2, -0.15) is 0 Å². The molecule has 1 aliphatic heterocycles. The quantitative estimate of drug-likeness (QED) is 0.851. The molecule has 0 spiro atoms. The van der Waals surface area contributed by atoms with Crippen LogP contribution < -0.4 is 20.1 Å². The minimum Gasteiger partial charge on any atom is -0.495 e. The molecule has 0 saturated carbocycles. The lowest BCUT2D eigenvalue weighted by molar-refractivity contribution is 0.322. The predicted octanol–water partition coefficient (Wildman–Crippen LogP) is 3.20. The van der Waals surface area contributed by atoms with Crippen LogP contribution in [0.3, 0.4) is 0 Å². The highest BCUT2D eigenvalue weighted by atomic mass is 16.5. The molecule has 0 aliphatic carbocycles. The van der Waals surface area contributed by atoms with Crippen molar-refractivity contribution in [1.82, 2.24) is 0 Å². The first kappa shape index (κ1) is 12.7. The first-order valence-corrected chi connectivity index (χ1v) is 6.73. The van der Waals surface area contributed by atoms with Crippen LogP contribution in [0.5, 0.6) is 11.5 Å². The highest BCUT2D eigenvalue weighted by Gasteiger charge is 2.20. The number of hydrogen-bond acceptors (Lipinski definition) is 4. The number of benzene rings is 2. The smallest absolute Gasteiger partial charge is 0.143 e. The molecule has 3 rings (SSSR count). The maximum atomic E-state index is 6.23. The number of methoxy groups -OCH3 is 1. The van der Waals surface area contributed by atoms with Crippen molar-refractivity contribution in [1.29, 1.82) is 0 Å². The number of nitrogen functional groups attached to an aromatic ring is 1. The van der Waals surface area contributed by atoms with Gasteiger partial charge in [-0.25, -0.2) is 0 Å². The second kappa shape index (κ2) is 5.33. The third-order valence-corrected chi connectivity index (χ3v) is 3.49. The number of nitrogens with two attached hydrogens (primary N) is 1. The van der Waals surface area contributed by atoms with Gasteiger partial charge in [-0.3, -0.25) is 0 Å². The Kier molecular flexibility index (Phi) is 3.37. The van der Waals surface area contributed by atoms with Crippen LogP contribution in [-0.4, -0.2) is 20.3 Å². The van der Waals surface area contributed by atoms with E-state index in [1.807, 2.05) is 36.4 Å². The Morgan fingerprint density at radius 3 is 2.75 bits per heavy atom. The first-order chi connectivity index (χ1) is 9.81. The Morgan fingerprint density at radius 1 is 1.10 bits per heavy atom. The molecule has 0 radical (unpaired) electrons. The molecular formula is C16H18N2O2. The molecular weight excluding hydrogens is 252 g/mol. The van der Waals surface area contributed by atoms with Gasteiger partial charge in [-0.1, -0.05) is 18.2 Å². The molecule has 0 saturated heterocycles. The van der Waals surface area contributed by atoms with Crippen molar-refractivity contribution in [3.05, 3.63) is 42.5 Å². The summed E-state index contributed by atoms with van der Waals surface area (Å²) in [7, 11) is 1.63. The number of para-hydroxylation sites is 3. The SMILES string of the molecule is COc1cccc(N2CCCOc3ccccc32)c1N. The van der Waals surface area contributed by atoms with Crippen molar-refractivity contribution < 1.29 is 9.47 Å². The van der Waals surface area contributed by atoms with Crippen molar-refractivity contribution in [2.75, 3.05) is 30.9 Å². The normalized spacial score (nSPS) is 14.2. The number of fused-ring (bicyclic) bond motifs is 1. The second-order valence-electron chi connectivity index (χ2n) is 4.71. The second-order valence-corrected chi connectivity index (χ2v) is 4.71. The summed E-state index contributed by atoms with van der Waals surface area (Å²) in [5, 5.41) is 0. The van der Waals surface area contributed by atoms with E-state index < -0.39 is 0 Å². The van der Waals surface area contributed by atoms with Crippen LogP contribution in [0, 0.1) is 0 Å². The van der Waals surface area contributed by atoms with E-state index in [0.717, 1.165) is 36.7 Å². The van der Waals surface area contributed by atoms with Gasteiger partial charge in [-0.15, -0.1) is 0 Å². The lowest BCUT2D eigenvalue weighted by Gasteiger charge is -2.25. The Balaban J connectivity index is 2.10. The maximum Gasteiger partial charge on any atom is 0.143 e. The largest absolute Gasteiger partial charge is 0.495 e. The molecule has 0 amide bonds. The van der Waals surface area contributed by atoms with E-state index in [1.54, 1.807) is 7.11 Å². The third kappa shape index (κ3) is 2.13. The highest BCUT2D eigenvalue weighted by Crippen LogP contribution is 2.40. The van der Waals surface area contributed by atoms with Gasteiger partial charge in [-0.05, 0) is 30.7 Å². The highest BCUT2D eigenvalue weighted by molar-refractivity contribution is 5.81. The van der Waals surface area contributed by atoms with Crippen LogP contribution >= 0.6 is 0 Å². The molecule has 104 valence electrons. The van der Waals surface area contributed by atoms with Crippen LogP contribution in [0.25, 0.3) is 0 Å². The zero-order valence-electron chi connectivity index (χ0n) is 11.5. The molecule has 4 heteroatoms. The first-order valence-electron chi connectivity index (χ1n) is 6.73. The predicted molar refractivity (Wildman–Crippen MR) is 81.0 cm³/mol. The van der Waals surface area contributed by atoms with Crippen molar-refractivity contribution >= 4 is 17.1 Å². The molecule has 0 atom stereocenters. The van der Waals surface area contributed by atoms with Gasteiger partial charge in [0.05, 0.1) is 30.8 Å². The Bertz CT molecular complexity index is 613. The fourth-order valence-electron chi connectivity index (χ4n) is 2.52. The summed E-state index contributed by atoms with van der Waals surface area (Å²) in [5.74, 6) is 1.59. The van der Waals surface area contributed by atoms with E-state index in [-0.39, 0.29) is 0 Å². The van der Waals surface area contributed by atoms with Crippen LogP contribution in [0.2, 0.25) is 0 Å². The van der Waals surface area contributed by atoms with E-state index in [9.17, 15) is 0 Å². The molecule has 2 aromatic rings. The lowest BCUT2D eigenvalue weighted by Crippen LogP contribution is -2.19. The lowest BCUT2D eigenvalue weighted by atomic mass is 10.2. The molecule has 1 heterocycles. The van der Waals surface area contributed by atoms with Gasteiger partial charge in [0.2, 0.25) is 0 Å². The number of hydrogen-bond donors (Lipinski definition) is 1. The number of rotatable bonds is 2. The zero-order valence-corrected chi connectivity index (χ0v) is 11.5. The summed E-state index contributed by atoms with van der Waals surface area (Å²) < 4.78 is 11.1. The Hall–Kier alpha value is -2.36. The molecule has 0 unspecified atom stereocenters. The van der Waals surface area contributed by atoms with E-state index in [1.165, 1.54) is 0 Å². The summed E-state index contributed by atoms with van der Waals surface area (Å²) in [6, 6.07) is 13.9. The third-order valence-electron chi connectivity index (χ3n) is 3.49. The number of ether oxygens (including phenoxy) is 2. The van der Waals surface area contributed by atoms with Crippen molar-refractivity contribution in [3.8, 4) is 11.5 Å². The molecule has 4 nitrogen and oxygen atoms in total. The van der Waals surface area contributed by atoms with Gasteiger partial charge in [0.25, 0.3) is 0 Å². The van der Waals surface area contributed by atoms with E-state index in [0.29, 0.717) is 11.4 Å². The summed E-state index contributed by atoms with van der Waals surface area (Å²) in [6.07, 6.45) is 0.950. The van der Waals surface area contributed by atoms with Crippen molar-refractivity contribution in [3.63, 3.8) is 0 Å². The summed E-state index contributed by atoms with van der Waals surface area (Å²) in [4.78, 5) is 2.19. The standard InChI is InChI=1S/C16H18N2O2/c1-19-15-9-4-7-13(16(15)17)18-10-5-11-20-14-8-3-2-6-12(14)18/h2-4,6-9H,5,10-11,17H2,1H3.